The van der Waals surface area contributed by atoms with E-state index in [0.717, 1.165) is 15.7 Å². The highest BCUT2D eigenvalue weighted by molar-refractivity contribution is 9.10. The molecule has 0 aromatic heterocycles. The molecule has 1 amide bonds. The minimum absolute atomic E-state index is 0.114. The number of hydrogen-bond acceptors (Lipinski definition) is 3. The largest absolute Gasteiger partial charge is 0.270 e. The van der Waals surface area contributed by atoms with E-state index in [-0.39, 0.29) is 5.91 Å². The van der Waals surface area contributed by atoms with Gasteiger partial charge in [-0.25, -0.2) is 0 Å². The molecule has 1 saturated heterocycles. The SMILES string of the molecule is O=C1/C(=C\c2cccc(Br)c2)SC(=S)N1c1ccc(Cl)cc1. The van der Waals surface area contributed by atoms with E-state index in [0.29, 0.717) is 14.2 Å². The number of nitrogens with zero attached hydrogens (tertiary/aromatic N) is 1. The zero-order chi connectivity index (χ0) is 15.7. The molecule has 0 atom stereocenters. The lowest BCUT2D eigenvalue weighted by Crippen LogP contribution is -2.27. The van der Waals surface area contributed by atoms with Crippen LogP contribution in [0.2, 0.25) is 5.02 Å². The minimum Gasteiger partial charge on any atom is -0.268 e. The van der Waals surface area contributed by atoms with Crippen LogP contribution in [0.25, 0.3) is 6.08 Å². The maximum atomic E-state index is 12.6. The molecular formula is C16H9BrClNOS2. The fraction of sp³-hybridized carbons (Fsp3) is 0. The van der Waals surface area contributed by atoms with Gasteiger partial charge in [0.2, 0.25) is 0 Å². The molecule has 2 aromatic carbocycles. The molecule has 0 unspecified atom stereocenters. The fourth-order valence-electron chi connectivity index (χ4n) is 2.03. The van der Waals surface area contributed by atoms with Crippen LogP contribution in [0.15, 0.2) is 57.9 Å². The molecule has 1 heterocycles. The van der Waals surface area contributed by atoms with Crippen LogP contribution >= 0.6 is 51.5 Å². The van der Waals surface area contributed by atoms with Gasteiger partial charge < -0.3 is 0 Å². The second-order valence-electron chi connectivity index (χ2n) is 4.55. The smallest absolute Gasteiger partial charge is 0.268 e. The summed E-state index contributed by atoms with van der Waals surface area (Å²) in [5, 5.41) is 0.624. The van der Waals surface area contributed by atoms with Gasteiger partial charge in [0, 0.05) is 9.50 Å². The third-order valence-electron chi connectivity index (χ3n) is 3.02. The van der Waals surface area contributed by atoms with E-state index in [1.165, 1.54) is 16.7 Å². The lowest BCUT2D eigenvalue weighted by molar-refractivity contribution is -0.113. The van der Waals surface area contributed by atoms with Gasteiger partial charge in [-0.05, 0) is 48.0 Å². The number of amides is 1. The minimum atomic E-state index is -0.114. The van der Waals surface area contributed by atoms with Crippen molar-refractivity contribution in [1.29, 1.82) is 0 Å². The van der Waals surface area contributed by atoms with Gasteiger partial charge in [0.25, 0.3) is 5.91 Å². The molecular weight excluding hydrogens is 402 g/mol. The van der Waals surface area contributed by atoms with Gasteiger partial charge in [-0.2, -0.15) is 0 Å². The van der Waals surface area contributed by atoms with E-state index in [1.54, 1.807) is 24.3 Å². The molecule has 0 radical (unpaired) electrons. The summed E-state index contributed by atoms with van der Waals surface area (Å²) in [7, 11) is 0. The Bertz CT molecular complexity index is 789. The average Bonchev–Trinajstić information content (AvgIpc) is 2.75. The number of carbonyl (C=O) groups is 1. The van der Waals surface area contributed by atoms with Gasteiger partial charge in [0.05, 0.1) is 10.6 Å². The normalized spacial score (nSPS) is 16.6. The third kappa shape index (κ3) is 3.27. The first-order valence-corrected chi connectivity index (χ1v) is 8.73. The van der Waals surface area contributed by atoms with Gasteiger partial charge in [-0.3, -0.25) is 9.69 Å². The Labute approximate surface area is 151 Å². The zero-order valence-electron chi connectivity index (χ0n) is 11.1. The number of anilines is 1. The van der Waals surface area contributed by atoms with Crippen LogP contribution in [0, 0.1) is 0 Å². The highest BCUT2D eigenvalue weighted by Gasteiger charge is 2.33. The Morgan fingerprint density at radius 3 is 2.59 bits per heavy atom. The summed E-state index contributed by atoms with van der Waals surface area (Å²) in [5.41, 5.74) is 1.68. The highest BCUT2D eigenvalue weighted by atomic mass is 79.9. The zero-order valence-corrected chi connectivity index (χ0v) is 15.1. The van der Waals surface area contributed by atoms with E-state index >= 15 is 0 Å². The van der Waals surface area contributed by atoms with Crippen LogP contribution in [-0.4, -0.2) is 10.2 Å². The summed E-state index contributed by atoms with van der Waals surface area (Å²) in [5.74, 6) is -0.114. The van der Waals surface area contributed by atoms with Crippen molar-refractivity contribution >= 4 is 73.5 Å². The quantitative estimate of drug-likeness (QED) is 0.481. The summed E-state index contributed by atoms with van der Waals surface area (Å²) in [6.07, 6.45) is 1.85. The molecule has 3 rings (SSSR count). The Balaban J connectivity index is 1.93. The van der Waals surface area contributed by atoms with Crippen LogP contribution in [0.4, 0.5) is 5.69 Å². The highest BCUT2D eigenvalue weighted by Crippen LogP contribution is 2.36. The molecule has 2 aromatic rings. The second kappa shape index (κ2) is 6.54. The maximum absolute atomic E-state index is 12.6. The van der Waals surface area contributed by atoms with E-state index in [9.17, 15) is 4.79 Å². The van der Waals surface area contributed by atoms with Crippen molar-refractivity contribution < 1.29 is 4.79 Å². The first-order chi connectivity index (χ1) is 10.5. The summed E-state index contributed by atoms with van der Waals surface area (Å²) in [6, 6.07) is 14.8. The maximum Gasteiger partial charge on any atom is 0.270 e. The third-order valence-corrected chi connectivity index (χ3v) is 5.07. The molecule has 2 nitrogen and oxygen atoms in total. The number of rotatable bonds is 2. The molecule has 0 spiro atoms. The monoisotopic (exact) mass is 409 g/mol. The van der Waals surface area contributed by atoms with Crippen LogP contribution in [0.5, 0.6) is 0 Å². The Morgan fingerprint density at radius 1 is 1.18 bits per heavy atom. The van der Waals surface area contributed by atoms with Crippen molar-refractivity contribution in [1.82, 2.24) is 0 Å². The van der Waals surface area contributed by atoms with Gasteiger partial charge in [0.1, 0.15) is 0 Å². The first-order valence-electron chi connectivity index (χ1n) is 6.34. The van der Waals surface area contributed by atoms with E-state index in [4.69, 9.17) is 23.8 Å². The topological polar surface area (TPSA) is 20.3 Å². The molecule has 0 N–H and O–H groups in total. The van der Waals surface area contributed by atoms with Crippen LogP contribution in [0.3, 0.4) is 0 Å². The van der Waals surface area contributed by atoms with Gasteiger partial charge in [-0.1, -0.05) is 63.6 Å². The molecule has 1 fully saturated rings. The molecule has 6 heteroatoms. The summed E-state index contributed by atoms with van der Waals surface area (Å²) in [6.45, 7) is 0. The van der Waals surface area contributed by atoms with E-state index < -0.39 is 0 Å². The molecule has 22 heavy (non-hydrogen) atoms. The van der Waals surface area contributed by atoms with Crippen LogP contribution in [0.1, 0.15) is 5.56 Å². The lowest BCUT2D eigenvalue weighted by Gasteiger charge is -2.14. The van der Waals surface area contributed by atoms with Gasteiger partial charge in [0.15, 0.2) is 4.32 Å². The summed E-state index contributed by atoms with van der Waals surface area (Å²) >= 11 is 15.9. The number of benzene rings is 2. The number of carbonyl (C=O) groups excluding carboxylic acids is 1. The summed E-state index contributed by atoms with van der Waals surface area (Å²) < 4.78 is 1.49. The first kappa shape index (κ1) is 15.7. The standard InChI is InChI=1S/C16H9BrClNOS2/c17-11-3-1-2-10(8-11)9-14-15(20)19(16(21)22-14)13-6-4-12(18)5-7-13/h1-9H/b14-9+. The predicted octanol–water partition coefficient (Wildman–Crippen LogP) is 5.51. The fourth-order valence-corrected chi connectivity index (χ4v) is 3.87. The number of halogens is 2. The number of thiocarbonyl (C=S) groups is 1. The Kier molecular flexibility index (Phi) is 4.68. The molecule has 0 saturated carbocycles. The van der Waals surface area contributed by atoms with E-state index in [2.05, 4.69) is 15.9 Å². The van der Waals surface area contributed by atoms with Gasteiger partial charge in [-0.15, -0.1) is 0 Å². The predicted molar refractivity (Wildman–Crippen MR) is 101 cm³/mol. The summed E-state index contributed by atoms with van der Waals surface area (Å²) in [4.78, 5) is 14.7. The van der Waals surface area contributed by atoms with Crippen LogP contribution in [-0.2, 0) is 4.79 Å². The van der Waals surface area contributed by atoms with Crippen molar-refractivity contribution in [2.24, 2.45) is 0 Å². The second-order valence-corrected chi connectivity index (χ2v) is 7.58. The van der Waals surface area contributed by atoms with Gasteiger partial charge >= 0.3 is 0 Å². The van der Waals surface area contributed by atoms with Crippen molar-refractivity contribution in [3.05, 3.63) is 68.5 Å². The Hall–Kier alpha value is -1.14. The average molecular weight is 411 g/mol. The van der Waals surface area contributed by atoms with Crippen LogP contribution < -0.4 is 4.90 Å². The molecule has 1 aliphatic rings. The van der Waals surface area contributed by atoms with Crippen molar-refractivity contribution in [3.8, 4) is 0 Å². The van der Waals surface area contributed by atoms with Crippen molar-refractivity contribution in [3.63, 3.8) is 0 Å². The number of thioether (sulfide) groups is 1. The molecule has 110 valence electrons. The Morgan fingerprint density at radius 2 is 1.91 bits per heavy atom. The van der Waals surface area contributed by atoms with Crippen molar-refractivity contribution in [2.45, 2.75) is 0 Å². The molecule has 1 aliphatic heterocycles. The van der Waals surface area contributed by atoms with Crippen molar-refractivity contribution in [2.75, 3.05) is 4.90 Å². The lowest BCUT2D eigenvalue weighted by atomic mass is 10.2. The number of hydrogen-bond donors (Lipinski definition) is 0. The molecule has 0 aliphatic carbocycles. The van der Waals surface area contributed by atoms with E-state index in [1.807, 2.05) is 30.3 Å². The molecule has 0 bridgehead atoms.